The van der Waals surface area contributed by atoms with Crippen molar-refractivity contribution < 1.29 is 28.3 Å². The minimum Gasteiger partial charge on any atom is -0.444 e. The molecule has 0 spiro atoms. The van der Waals surface area contributed by atoms with Gasteiger partial charge in [-0.3, -0.25) is 24.3 Å². The number of Topliss-reactive ketones (excluding diaryl/α,β-unsaturated/α-hetero) is 1. The van der Waals surface area contributed by atoms with Crippen molar-refractivity contribution in [1.82, 2.24) is 24.3 Å². The summed E-state index contributed by atoms with van der Waals surface area (Å²) in [7, 11) is 0. The van der Waals surface area contributed by atoms with Crippen LogP contribution in [0.5, 0.6) is 0 Å². The molecule has 2 bridgehead atoms. The predicted molar refractivity (Wildman–Crippen MR) is 189 cm³/mol. The molecule has 3 aromatic rings. The van der Waals surface area contributed by atoms with Gasteiger partial charge in [-0.1, -0.05) is 0 Å². The van der Waals surface area contributed by atoms with Crippen LogP contribution in [0.1, 0.15) is 108 Å². The number of aromatic nitrogens is 2. The first-order valence-corrected chi connectivity index (χ1v) is 18.1. The lowest BCUT2D eigenvalue weighted by Crippen LogP contribution is -2.64. The Morgan fingerprint density at radius 3 is 2.20 bits per heavy atom. The quantitative estimate of drug-likeness (QED) is 0.247. The molecule has 1 aliphatic carbocycles. The van der Waals surface area contributed by atoms with Gasteiger partial charge in [-0.25, -0.2) is 9.18 Å². The Hall–Kier alpha value is -4.28. The van der Waals surface area contributed by atoms with Gasteiger partial charge in [-0.15, -0.1) is 0 Å². The summed E-state index contributed by atoms with van der Waals surface area (Å²) in [5, 5.41) is 0.696. The molecular weight excluding hydrogens is 637 g/mol. The van der Waals surface area contributed by atoms with E-state index in [-0.39, 0.29) is 53.1 Å². The first-order chi connectivity index (χ1) is 23.7. The van der Waals surface area contributed by atoms with Crippen molar-refractivity contribution in [2.24, 2.45) is 11.8 Å². The van der Waals surface area contributed by atoms with Gasteiger partial charge in [-0.2, -0.15) is 0 Å². The number of fused-ring (bicyclic) bond motifs is 4. The van der Waals surface area contributed by atoms with E-state index in [2.05, 4.69) is 4.98 Å². The number of amides is 3. The second-order valence-corrected chi connectivity index (χ2v) is 15.7. The highest BCUT2D eigenvalue weighted by molar-refractivity contribution is 6.10. The molecule has 10 nitrogen and oxygen atoms in total. The molecule has 268 valence electrons. The largest absolute Gasteiger partial charge is 0.444 e. The normalized spacial score (nSPS) is 21.3. The fourth-order valence-electron chi connectivity index (χ4n) is 8.38. The Morgan fingerprint density at radius 2 is 1.58 bits per heavy atom. The number of rotatable bonds is 7. The molecule has 3 aliphatic heterocycles. The number of ether oxygens (including phenoxy) is 1. The standard InChI is InChI=1S/C39H50FN5O5/c1-23(2)44(24(3)4)36(47)30-20-27(40)10-13-32(30)43-22-31(29-14-17-41-21-33(29)43)35(46)26-15-18-42(19-16-26)37(48)34-25-8-11-28(12-9-25)45(34)38(49)50-39(5,6)7/h10,13-14,17,20-26,28,34H,8-9,11-12,15-16,18-19H2,1-7H3/t25?,28?,34-/m0/s1. The fraction of sp³-hybridized carbons (Fsp3) is 0.564. The van der Waals surface area contributed by atoms with Crippen molar-refractivity contribution in [2.75, 3.05) is 13.1 Å². The number of nitrogens with zero attached hydrogens (tertiary/aromatic N) is 5. The van der Waals surface area contributed by atoms with Crippen molar-refractivity contribution in [3.8, 4) is 5.69 Å². The fourth-order valence-corrected chi connectivity index (χ4v) is 8.38. The minimum absolute atomic E-state index is 0.00506. The highest BCUT2D eigenvalue weighted by atomic mass is 19.1. The van der Waals surface area contributed by atoms with Crippen molar-refractivity contribution in [1.29, 1.82) is 0 Å². The van der Waals surface area contributed by atoms with Gasteiger partial charge in [-0.05, 0) is 117 Å². The first kappa shape index (κ1) is 35.5. The molecule has 5 heterocycles. The van der Waals surface area contributed by atoms with E-state index in [0.29, 0.717) is 48.1 Å². The number of hydrogen-bond acceptors (Lipinski definition) is 6. The summed E-state index contributed by atoms with van der Waals surface area (Å²) < 4.78 is 22.2. The van der Waals surface area contributed by atoms with Gasteiger partial charge in [0.1, 0.15) is 17.5 Å². The third-order valence-corrected chi connectivity index (χ3v) is 10.6. The Morgan fingerprint density at radius 1 is 0.920 bits per heavy atom. The van der Waals surface area contributed by atoms with Crippen LogP contribution in [0.25, 0.3) is 16.6 Å². The molecule has 4 fully saturated rings. The van der Waals surface area contributed by atoms with E-state index in [1.165, 1.54) is 12.1 Å². The monoisotopic (exact) mass is 687 g/mol. The zero-order chi connectivity index (χ0) is 36.1. The number of piperidine rings is 3. The van der Waals surface area contributed by atoms with E-state index in [1.807, 2.05) is 53.4 Å². The SMILES string of the molecule is CC(C)N(C(=O)c1cc(F)ccc1-n1cc(C(=O)C2CCN(C(=O)[C@@H]3C4CCC(CC4)N3C(=O)OC(C)(C)C)CC2)c2ccncc21)C(C)C. The lowest BCUT2D eigenvalue weighted by Gasteiger charge is -2.51. The van der Waals surface area contributed by atoms with Crippen molar-refractivity contribution in [2.45, 2.75) is 117 Å². The summed E-state index contributed by atoms with van der Waals surface area (Å²) in [6.45, 7) is 14.1. The van der Waals surface area contributed by atoms with Crippen LogP contribution in [0.3, 0.4) is 0 Å². The Kier molecular flexibility index (Phi) is 9.81. The van der Waals surface area contributed by atoms with E-state index < -0.39 is 23.6 Å². The second kappa shape index (κ2) is 13.8. The Labute approximate surface area is 293 Å². The number of carbonyl (C=O) groups excluding carboxylic acids is 4. The number of pyridine rings is 1. The lowest BCUT2D eigenvalue weighted by atomic mass is 9.74. The van der Waals surface area contributed by atoms with Crippen molar-refractivity contribution >= 4 is 34.6 Å². The number of benzene rings is 1. The molecular formula is C39H50FN5O5. The number of carbonyl (C=O) groups is 4. The van der Waals surface area contributed by atoms with Crippen LogP contribution < -0.4 is 0 Å². The van der Waals surface area contributed by atoms with Gasteiger partial charge in [0, 0.05) is 60.5 Å². The molecule has 3 amide bonds. The molecule has 11 heteroatoms. The molecule has 0 N–H and O–H groups in total. The maximum absolute atomic E-state index is 14.7. The molecule has 0 unspecified atom stereocenters. The van der Waals surface area contributed by atoms with Crippen LogP contribution in [-0.4, -0.2) is 90.8 Å². The van der Waals surface area contributed by atoms with Crippen molar-refractivity contribution in [3.63, 3.8) is 0 Å². The summed E-state index contributed by atoms with van der Waals surface area (Å²) in [6, 6.07) is 5.20. The summed E-state index contributed by atoms with van der Waals surface area (Å²) >= 11 is 0. The van der Waals surface area contributed by atoms with E-state index in [1.54, 1.807) is 45.1 Å². The van der Waals surface area contributed by atoms with Gasteiger partial charge in [0.15, 0.2) is 5.78 Å². The second-order valence-electron chi connectivity index (χ2n) is 15.7. The van der Waals surface area contributed by atoms with Crippen LogP contribution in [-0.2, 0) is 9.53 Å². The van der Waals surface area contributed by atoms with Crippen molar-refractivity contribution in [3.05, 3.63) is 59.8 Å². The zero-order valence-corrected chi connectivity index (χ0v) is 30.3. The third kappa shape index (κ3) is 6.75. The topological polar surface area (TPSA) is 105 Å². The van der Waals surface area contributed by atoms with Gasteiger partial charge in [0.05, 0.1) is 23.0 Å². The molecule has 50 heavy (non-hydrogen) atoms. The number of hydrogen-bond donors (Lipinski definition) is 0. The number of ketones is 1. The molecule has 1 saturated carbocycles. The Balaban J connectivity index is 1.24. The van der Waals surface area contributed by atoms with Crippen LogP contribution >= 0.6 is 0 Å². The average Bonchev–Trinajstić information content (AvgIpc) is 3.46. The van der Waals surface area contributed by atoms with Gasteiger partial charge < -0.3 is 19.1 Å². The number of halogens is 1. The lowest BCUT2D eigenvalue weighted by molar-refractivity contribution is -0.146. The molecule has 0 radical (unpaired) electrons. The molecule has 1 aromatic carbocycles. The molecule has 4 aliphatic rings. The average molecular weight is 688 g/mol. The van der Waals surface area contributed by atoms with Gasteiger partial charge >= 0.3 is 6.09 Å². The van der Waals surface area contributed by atoms with Gasteiger partial charge in [0.2, 0.25) is 5.91 Å². The smallest absolute Gasteiger partial charge is 0.411 e. The van der Waals surface area contributed by atoms with Crippen LogP contribution in [0.4, 0.5) is 9.18 Å². The van der Waals surface area contributed by atoms with Crippen LogP contribution in [0.15, 0.2) is 42.9 Å². The number of likely N-dealkylation sites (tertiary alicyclic amines) is 1. The molecule has 3 saturated heterocycles. The maximum atomic E-state index is 14.7. The van der Waals surface area contributed by atoms with Crippen LogP contribution in [0.2, 0.25) is 0 Å². The molecule has 2 aromatic heterocycles. The van der Waals surface area contributed by atoms with Gasteiger partial charge in [0.25, 0.3) is 5.91 Å². The summed E-state index contributed by atoms with van der Waals surface area (Å²) in [4.78, 5) is 65.1. The van der Waals surface area contributed by atoms with E-state index >= 15 is 0 Å². The highest BCUT2D eigenvalue weighted by Gasteiger charge is 2.50. The van der Waals surface area contributed by atoms with E-state index in [9.17, 15) is 23.6 Å². The Bertz CT molecular complexity index is 1770. The van der Waals surface area contributed by atoms with Crippen LogP contribution in [0, 0.1) is 17.7 Å². The third-order valence-electron chi connectivity index (χ3n) is 10.6. The predicted octanol–water partition coefficient (Wildman–Crippen LogP) is 7.02. The van der Waals surface area contributed by atoms with E-state index in [4.69, 9.17) is 4.74 Å². The summed E-state index contributed by atoms with van der Waals surface area (Å²) in [6.07, 6.45) is 9.20. The molecule has 7 rings (SSSR count). The minimum atomic E-state index is -0.657. The first-order valence-electron chi connectivity index (χ1n) is 18.1. The molecule has 1 atom stereocenters. The van der Waals surface area contributed by atoms with E-state index in [0.717, 1.165) is 25.7 Å². The summed E-state index contributed by atoms with van der Waals surface area (Å²) in [5.74, 6) is -1.12. The maximum Gasteiger partial charge on any atom is 0.411 e. The summed E-state index contributed by atoms with van der Waals surface area (Å²) in [5.41, 5.74) is 1.15. The highest BCUT2D eigenvalue weighted by Crippen LogP contribution is 2.42. The zero-order valence-electron chi connectivity index (χ0n) is 30.3.